The normalized spacial score (nSPS) is 13.8. The van der Waals surface area contributed by atoms with Crippen LogP contribution in [-0.2, 0) is 11.4 Å². The SMILES string of the molecule is Cc1nc(COc2ccc(NC(=O)CNCC3CC3)cc2)no1. The molecule has 1 aromatic carbocycles. The number of hydrogen-bond donors (Lipinski definition) is 2. The first-order valence-corrected chi connectivity index (χ1v) is 7.71. The number of amides is 1. The number of rotatable bonds is 8. The van der Waals surface area contributed by atoms with Gasteiger partial charge in [-0.05, 0) is 49.6 Å². The summed E-state index contributed by atoms with van der Waals surface area (Å²) in [6.45, 7) is 3.24. The molecular weight excluding hydrogens is 296 g/mol. The predicted octanol–water partition coefficient (Wildman–Crippen LogP) is 1.90. The van der Waals surface area contributed by atoms with Crippen LogP contribution in [0.5, 0.6) is 5.75 Å². The second-order valence-corrected chi connectivity index (χ2v) is 5.67. The minimum atomic E-state index is -0.0402. The molecule has 1 aliphatic rings. The van der Waals surface area contributed by atoms with Crippen LogP contribution < -0.4 is 15.4 Å². The lowest BCUT2D eigenvalue weighted by Gasteiger charge is -2.08. The summed E-state index contributed by atoms with van der Waals surface area (Å²) in [7, 11) is 0. The number of anilines is 1. The second kappa shape index (κ2) is 7.23. The van der Waals surface area contributed by atoms with Gasteiger partial charge in [-0.15, -0.1) is 0 Å². The van der Waals surface area contributed by atoms with E-state index < -0.39 is 0 Å². The van der Waals surface area contributed by atoms with Crippen molar-refractivity contribution < 1.29 is 14.1 Å². The van der Waals surface area contributed by atoms with E-state index in [2.05, 4.69) is 20.8 Å². The number of carbonyl (C=O) groups is 1. The first kappa shape index (κ1) is 15.5. The van der Waals surface area contributed by atoms with Crippen LogP contribution in [0.2, 0.25) is 0 Å². The summed E-state index contributed by atoms with van der Waals surface area (Å²) < 4.78 is 10.4. The lowest BCUT2D eigenvalue weighted by Crippen LogP contribution is -2.29. The third kappa shape index (κ3) is 5.07. The Labute approximate surface area is 134 Å². The van der Waals surface area contributed by atoms with E-state index in [1.807, 2.05) is 0 Å². The van der Waals surface area contributed by atoms with E-state index in [0.717, 1.165) is 18.2 Å². The highest BCUT2D eigenvalue weighted by molar-refractivity contribution is 5.92. The summed E-state index contributed by atoms with van der Waals surface area (Å²) in [5.41, 5.74) is 0.742. The zero-order valence-corrected chi connectivity index (χ0v) is 13.0. The van der Waals surface area contributed by atoms with Gasteiger partial charge >= 0.3 is 0 Å². The Morgan fingerprint density at radius 1 is 1.35 bits per heavy atom. The van der Waals surface area contributed by atoms with Crippen molar-refractivity contribution >= 4 is 11.6 Å². The Kier molecular flexibility index (Phi) is 4.87. The maximum absolute atomic E-state index is 11.8. The molecule has 1 aromatic heterocycles. The molecule has 0 aliphatic heterocycles. The molecule has 1 fully saturated rings. The standard InChI is InChI=1S/C16H20N4O3/c1-11-18-15(20-23-11)10-22-14-6-4-13(5-7-14)19-16(21)9-17-8-12-2-3-12/h4-7,12,17H,2-3,8-10H2,1H3,(H,19,21). The van der Waals surface area contributed by atoms with E-state index in [4.69, 9.17) is 9.26 Å². The van der Waals surface area contributed by atoms with Gasteiger partial charge in [-0.1, -0.05) is 5.16 Å². The van der Waals surface area contributed by atoms with Gasteiger partial charge in [-0.25, -0.2) is 0 Å². The highest BCUT2D eigenvalue weighted by Gasteiger charge is 2.20. The van der Waals surface area contributed by atoms with Crippen LogP contribution >= 0.6 is 0 Å². The van der Waals surface area contributed by atoms with Crippen molar-refractivity contribution in [3.8, 4) is 5.75 Å². The molecule has 0 atom stereocenters. The molecule has 7 heteroatoms. The largest absolute Gasteiger partial charge is 0.485 e. The van der Waals surface area contributed by atoms with E-state index in [9.17, 15) is 4.79 Å². The monoisotopic (exact) mass is 316 g/mol. The van der Waals surface area contributed by atoms with Crippen molar-refractivity contribution in [1.82, 2.24) is 15.5 Å². The molecule has 1 amide bonds. The molecule has 1 saturated carbocycles. The predicted molar refractivity (Wildman–Crippen MR) is 84.0 cm³/mol. The van der Waals surface area contributed by atoms with Gasteiger partial charge in [0, 0.05) is 12.6 Å². The van der Waals surface area contributed by atoms with Gasteiger partial charge < -0.3 is 19.9 Å². The number of nitrogens with one attached hydrogen (secondary N) is 2. The molecule has 0 unspecified atom stereocenters. The minimum absolute atomic E-state index is 0.0402. The molecule has 0 saturated heterocycles. The first-order chi connectivity index (χ1) is 11.2. The number of aromatic nitrogens is 2. The molecule has 1 aliphatic carbocycles. The molecular formula is C16H20N4O3. The fourth-order valence-corrected chi connectivity index (χ4v) is 2.10. The van der Waals surface area contributed by atoms with Gasteiger partial charge in [0.2, 0.25) is 17.6 Å². The van der Waals surface area contributed by atoms with Gasteiger partial charge in [-0.2, -0.15) is 4.98 Å². The summed E-state index contributed by atoms with van der Waals surface area (Å²) >= 11 is 0. The topological polar surface area (TPSA) is 89.3 Å². The van der Waals surface area contributed by atoms with Gasteiger partial charge in [0.1, 0.15) is 5.75 Å². The third-order valence-corrected chi connectivity index (χ3v) is 3.49. The molecule has 3 rings (SSSR count). The van der Waals surface area contributed by atoms with Crippen LogP contribution in [0.25, 0.3) is 0 Å². The smallest absolute Gasteiger partial charge is 0.238 e. The van der Waals surface area contributed by atoms with Gasteiger partial charge in [0.25, 0.3) is 0 Å². The Balaban J connectivity index is 1.41. The lowest BCUT2D eigenvalue weighted by atomic mass is 10.3. The van der Waals surface area contributed by atoms with Crippen molar-refractivity contribution in [3.63, 3.8) is 0 Å². The molecule has 23 heavy (non-hydrogen) atoms. The first-order valence-electron chi connectivity index (χ1n) is 7.71. The van der Waals surface area contributed by atoms with Gasteiger partial charge in [0.15, 0.2) is 6.61 Å². The molecule has 0 spiro atoms. The maximum Gasteiger partial charge on any atom is 0.238 e. The Morgan fingerprint density at radius 2 is 2.13 bits per heavy atom. The lowest BCUT2D eigenvalue weighted by molar-refractivity contribution is -0.115. The quantitative estimate of drug-likeness (QED) is 0.773. The summed E-state index contributed by atoms with van der Waals surface area (Å²) in [6.07, 6.45) is 2.55. The zero-order valence-electron chi connectivity index (χ0n) is 13.0. The molecule has 1 heterocycles. The van der Waals surface area contributed by atoms with Gasteiger partial charge in [-0.3, -0.25) is 4.79 Å². The summed E-state index contributed by atoms with van der Waals surface area (Å²) in [6, 6.07) is 7.19. The number of benzene rings is 1. The van der Waals surface area contributed by atoms with Crippen molar-refractivity contribution in [2.75, 3.05) is 18.4 Å². The van der Waals surface area contributed by atoms with Crippen LogP contribution in [0.1, 0.15) is 24.6 Å². The minimum Gasteiger partial charge on any atom is -0.485 e. The van der Waals surface area contributed by atoms with Crippen LogP contribution in [-0.4, -0.2) is 29.1 Å². The Morgan fingerprint density at radius 3 is 2.78 bits per heavy atom. The van der Waals surface area contributed by atoms with Gasteiger partial charge in [0.05, 0.1) is 6.54 Å². The van der Waals surface area contributed by atoms with E-state index in [0.29, 0.717) is 24.0 Å². The van der Waals surface area contributed by atoms with Crippen molar-refractivity contribution in [2.45, 2.75) is 26.4 Å². The van der Waals surface area contributed by atoms with Crippen LogP contribution in [0.4, 0.5) is 5.69 Å². The number of carbonyl (C=O) groups excluding carboxylic acids is 1. The Bertz CT molecular complexity index is 650. The highest BCUT2D eigenvalue weighted by atomic mass is 16.5. The van der Waals surface area contributed by atoms with Crippen LogP contribution in [0, 0.1) is 12.8 Å². The van der Waals surface area contributed by atoms with Crippen molar-refractivity contribution in [3.05, 3.63) is 36.0 Å². The average Bonchev–Trinajstić information content (AvgIpc) is 3.27. The number of nitrogens with zero attached hydrogens (tertiary/aromatic N) is 2. The maximum atomic E-state index is 11.8. The summed E-state index contributed by atoms with van der Waals surface area (Å²) in [5, 5.41) is 9.76. The fraction of sp³-hybridized carbons (Fsp3) is 0.438. The molecule has 0 radical (unpaired) electrons. The van der Waals surface area contributed by atoms with Crippen LogP contribution in [0.3, 0.4) is 0 Å². The van der Waals surface area contributed by atoms with Crippen molar-refractivity contribution in [2.24, 2.45) is 5.92 Å². The highest BCUT2D eigenvalue weighted by Crippen LogP contribution is 2.27. The second-order valence-electron chi connectivity index (χ2n) is 5.67. The van der Waals surface area contributed by atoms with E-state index in [-0.39, 0.29) is 12.5 Å². The summed E-state index contributed by atoms with van der Waals surface area (Å²) in [5.74, 6) is 2.42. The number of hydrogen-bond acceptors (Lipinski definition) is 6. The Hall–Kier alpha value is -2.41. The molecule has 2 N–H and O–H groups in total. The van der Waals surface area contributed by atoms with Crippen LogP contribution in [0.15, 0.2) is 28.8 Å². The van der Waals surface area contributed by atoms with E-state index in [1.165, 1.54) is 12.8 Å². The number of ether oxygens (including phenoxy) is 1. The zero-order chi connectivity index (χ0) is 16.1. The fourth-order valence-electron chi connectivity index (χ4n) is 2.10. The average molecular weight is 316 g/mol. The molecule has 0 bridgehead atoms. The van der Waals surface area contributed by atoms with E-state index in [1.54, 1.807) is 31.2 Å². The molecule has 2 aromatic rings. The van der Waals surface area contributed by atoms with E-state index >= 15 is 0 Å². The molecule has 7 nitrogen and oxygen atoms in total. The number of aryl methyl sites for hydroxylation is 1. The van der Waals surface area contributed by atoms with Crippen molar-refractivity contribution in [1.29, 1.82) is 0 Å². The third-order valence-electron chi connectivity index (χ3n) is 3.49. The molecule has 122 valence electrons. The summed E-state index contributed by atoms with van der Waals surface area (Å²) in [4.78, 5) is 15.8.